The molecular weight excluding hydrogens is 453 g/mol. The zero-order chi connectivity index (χ0) is 25.0. The van der Waals surface area contributed by atoms with Crippen LogP contribution in [-0.2, 0) is 20.5 Å². The van der Waals surface area contributed by atoms with Crippen LogP contribution in [0.5, 0.6) is 0 Å². The summed E-state index contributed by atoms with van der Waals surface area (Å²) in [5, 5.41) is 0. The first-order valence-corrected chi connectivity index (χ1v) is 14.7. The standard InChI is InChI=1S/C29H44BNO3S/c1-19(32)14-21-12-13-29(6,28(21,4)5)18-35-31-25(15-20-10-8-7-9-11-20)30-33-24-17-22-16-23(26(24)34-30)27(22,2)3/h7-11,21-26,31H,12-18H2,1-6H3/t21?,22-,23?,24?,25?,26?,29+/m0/s1. The van der Waals surface area contributed by atoms with Gasteiger partial charge in [0, 0.05) is 12.2 Å². The lowest BCUT2D eigenvalue weighted by atomic mass is 9.47. The molecule has 0 radical (unpaired) electrons. The van der Waals surface area contributed by atoms with Gasteiger partial charge >= 0.3 is 7.12 Å². The second-order valence-electron chi connectivity index (χ2n) is 13.4. The van der Waals surface area contributed by atoms with Gasteiger partial charge in [0.25, 0.3) is 0 Å². The minimum atomic E-state index is -0.206. The van der Waals surface area contributed by atoms with Crippen LogP contribution in [0.3, 0.4) is 0 Å². The minimum Gasteiger partial charge on any atom is -0.405 e. The number of carbonyl (C=O) groups is 1. The number of rotatable bonds is 9. The van der Waals surface area contributed by atoms with Crippen LogP contribution in [0.4, 0.5) is 0 Å². The van der Waals surface area contributed by atoms with Crippen molar-refractivity contribution in [2.45, 2.75) is 98.2 Å². The summed E-state index contributed by atoms with van der Waals surface area (Å²) in [6.07, 6.45) is 6.85. The Hall–Kier alpha value is -0.815. The van der Waals surface area contributed by atoms with Gasteiger partial charge < -0.3 is 14.1 Å². The predicted molar refractivity (Wildman–Crippen MR) is 145 cm³/mol. The minimum absolute atomic E-state index is 0.106. The topological polar surface area (TPSA) is 47.6 Å². The maximum absolute atomic E-state index is 11.9. The second kappa shape index (κ2) is 9.49. The zero-order valence-corrected chi connectivity index (χ0v) is 23.3. The van der Waals surface area contributed by atoms with Crippen molar-refractivity contribution in [1.29, 1.82) is 0 Å². The van der Waals surface area contributed by atoms with Gasteiger partial charge in [-0.2, -0.15) is 0 Å². The Morgan fingerprint density at radius 1 is 1.14 bits per heavy atom. The second-order valence-corrected chi connectivity index (χ2v) is 14.2. The number of hydrogen-bond acceptors (Lipinski definition) is 5. The Bertz CT molecular complexity index is 924. The molecule has 1 heterocycles. The molecule has 4 nitrogen and oxygen atoms in total. The van der Waals surface area contributed by atoms with E-state index >= 15 is 0 Å². The summed E-state index contributed by atoms with van der Waals surface area (Å²) in [5.41, 5.74) is 2.03. The van der Waals surface area contributed by atoms with Gasteiger partial charge in [0.15, 0.2) is 0 Å². The Morgan fingerprint density at radius 3 is 2.57 bits per heavy atom. The first-order valence-electron chi connectivity index (χ1n) is 13.7. The Morgan fingerprint density at radius 2 is 1.89 bits per heavy atom. The first-order chi connectivity index (χ1) is 16.5. The van der Waals surface area contributed by atoms with Crippen molar-refractivity contribution in [3.63, 3.8) is 0 Å². The molecule has 0 spiro atoms. The highest BCUT2D eigenvalue weighted by molar-refractivity contribution is 7.97. The van der Waals surface area contributed by atoms with E-state index in [-0.39, 0.29) is 36.1 Å². The Kier molecular flexibility index (Phi) is 7.00. The van der Waals surface area contributed by atoms with Gasteiger partial charge in [0.2, 0.25) is 0 Å². The van der Waals surface area contributed by atoms with Crippen LogP contribution in [0, 0.1) is 34.0 Å². The van der Waals surface area contributed by atoms with E-state index in [1.54, 1.807) is 6.92 Å². The van der Waals surface area contributed by atoms with E-state index in [1.165, 1.54) is 18.4 Å². The van der Waals surface area contributed by atoms with E-state index in [0.717, 1.165) is 30.9 Å². The molecule has 4 aliphatic carbocycles. The number of ketones is 1. The number of nitrogens with one attached hydrogen (secondary N) is 1. The van der Waals surface area contributed by atoms with Crippen molar-refractivity contribution in [1.82, 2.24) is 4.72 Å². The van der Waals surface area contributed by atoms with Gasteiger partial charge in [0.1, 0.15) is 5.78 Å². The van der Waals surface area contributed by atoms with Crippen molar-refractivity contribution in [2.75, 3.05) is 5.75 Å². The van der Waals surface area contributed by atoms with Crippen molar-refractivity contribution in [3.05, 3.63) is 35.9 Å². The van der Waals surface area contributed by atoms with Crippen LogP contribution in [0.1, 0.15) is 79.2 Å². The third kappa shape index (κ3) is 4.66. The molecule has 6 rings (SSSR count). The molecule has 6 heteroatoms. The lowest BCUT2D eigenvalue weighted by Crippen LogP contribution is -2.59. The van der Waals surface area contributed by atoms with E-state index < -0.39 is 0 Å². The molecule has 2 bridgehead atoms. The van der Waals surface area contributed by atoms with E-state index in [2.05, 4.69) is 69.7 Å². The van der Waals surface area contributed by atoms with Crippen molar-refractivity contribution in [2.24, 2.45) is 34.0 Å². The zero-order valence-electron chi connectivity index (χ0n) is 22.5. The van der Waals surface area contributed by atoms with Crippen LogP contribution in [-0.4, -0.2) is 36.8 Å². The summed E-state index contributed by atoms with van der Waals surface area (Å²) >= 11 is 1.84. The van der Waals surface area contributed by atoms with Gasteiger partial charge in [0.05, 0.1) is 18.1 Å². The molecule has 1 saturated heterocycles. The quantitative estimate of drug-likeness (QED) is 0.328. The lowest BCUT2D eigenvalue weighted by molar-refractivity contribution is -0.150. The van der Waals surface area contributed by atoms with E-state index in [0.29, 0.717) is 29.5 Å². The fourth-order valence-corrected chi connectivity index (χ4v) is 8.88. The third-order valence-corrected chi connectivity index (χ3v) is 12.1. The fourth-order valence-electron chi connectivity index (χ4n) is 7.55. The van der Waals surface area contributed by atoms with E-state index in [1.807, 2.05) is 11.9 Å². The Balaban J connectivity index is 1.25. The van der Waals surface area contributed by atoms with Crippen molar-refractivity contribution in [3.8, 4) is 0 Å². The average molecular weight is 498 g/mol. The summed E-state index contributed by atoms with van der Waals surface area (Å²) in [5.74, 6) is 3.33. The summed E-state index contributed by atoms with van der Waals surface area (Å²) in [7, 11) is -0.206. The molecule has 5 unspecified atom stereocenters. The molecule has 192 valence electrons. The lowest BCUT2D eigenvalue weighted by Gasteiger charge is -2.60. The molecule has 1 aliphatic heterocycles. The largest absolute Gasteiger partial charge is 0.477 e. The molecular formula is C29H44BNO3S. The maximum Gasteiger partial charge on any atom is 0.477 e. The number of benzene rings is 1. The van der Waals surface area contributed by atoms with Crippen LogP contribution >= 0.6 is 11.9 Å². The fraction of sp³-hybridized carbons (Fsp3) is 0.759. The third-order valence-electron chi connectivity index (χ3n) is 10.8. The monoisotopic (exact) mass is 497 g/mol. The SMILES string of the molecule is CC(=O)CC1CC[C@](C)(CSNC(Cc2ccccc2)B2OC3C[C@@H]4CC(C3O2)C4(C)C)C1(C)C. The molecule has 0 amide bonds. The van der Waals surface area contributed by atoms with Gasteiger partial charge in [-0.15, -0.1) is 0 Å². The van der Waals surface area contributed by atoms with Crippen molar-refractivity contribution < 1.29 is 14.1 Å². The van der Waals surface area contributed by atoms with Gasteiger partial charge in [-0.25, -0.2) is 0 Å². The van der Waals surface area contributed by atoms with Crippen LogP contribution in [0.25, 0.3) is 0 Å². The molecule has 1 aromatic rings. The summed E-state index contributed by atoms with van der Waals surface area (Å²) in [6, 6.07) is 10.7. The first kappa shape index (κ1) is 25.8. The average Bonchev–Trinajstić information content (AvgIpc) is 3.33. The normalized spacial score (nSPS) is 37.5. The van der Waals surface area contributed by atoms with E-state index in [9.17, 15) is 4.79 Å². The molecule has 1 N–H and O–H groups in total. The van der Waals surface area contributed by atoms with Gasteiger partial charge in [-0.1, -0.05) is 76.9 Å². The molecule has 1 aromatic carbocycles. The number of carbonyl (C=O) groups excluding carboxylic acids is 1. The van der Waals surface area contributed by atoms with Crippen LogP contribution in [0.15, 0.2) is 30.3 Å². The highest BCUT2D eigenvalue weighted by Gasteiger charge is 2.62. The van der Waals surface area contributed by atoms with Gasteiger partial charge in [-0.05, 0) is 78.6 Å². The molecule has 5 fully saturated rings. The molecule has 35 heavy (non-hydrogen) atoms. The van der Waals surface area contributed by atoms with Crippen molar-refractivity contribution >= 4 is 24.8 Å². The molecule has 0 aromatic heterocycles. The highest BCUT2D eigenvalue weighted by atomic mass is 32.2. The molecule has 5 aliphatic rings. The number of Topliss-reactive ketones (excluding diaryl/α,β-unsaturated/α-hetero) is 1. The molecule has 4 saturated carbocycles. The summed E-state index contributed by atoms with van der Waals surface area (Å²) in [6.45, 7) is 13.7. The predicted octanol–water partition coefficient (Wildman–Crippen LogP) is 6.13. The number of hydrogen-bond donors (Lipinski definition) is 1. The van der Waals surface area contributed by atoms with Gasteiger partial charge in [-0.3, -0.25) is 4.72 Å². The van der Waals surface area contributed by atoms with Crippen LogP contribution in [0.2, 0.25) is 0 Å². The maximum atomic E-state index is 11.9. The summed E-state index contributed by atoms with van der Waals surface area (Å²) < 4.78 is 17.1. The molecule has 7 atom stereocenters. The van der Waals surface area contributed by atoms with E-state index in [4.69, 9.17) is 9.31 Å². The Labute approximate surface area is 217 Å². The highest BCUT2D eigenvalue weighted by Crippen LogP contribution is 2.62. The van der Waals surface area contributed by atoms with Crippen LogP contribution < -0.4 is 4.72 Å². The summed E-state index contributed by atoms with van der Waals surface area (Å²) in [4.78, 5) is 11.9. The smallest absolute Gasteiger partial charge is 0.405 e.